The topological polar surface area (TPSA) is 59.8 Å². The average Bonchev–Trinajstić information content (AvgIpc) is 3.05. The van der Waals surface area contributed by atoms with E-state index < -0.39 is 0 Å². The van der Waals surface area contributed by atoms with Gasteiger partial charge in [0.2, 0.25) is 5.91 Å². The van der Waals surface area contributed by atoms with Gasteiger partial charge in [-0.3, -0.25) is 4.79 Å². The van der Waals surface area contributed by atoms with E-state index in [1.54, 1.807) is 12.1 Å². The van der Waals surface area contributed by atoms with Crippen LogP contribution in [0, 0.1) is 0 Å². The zero-order valence-electron chi connectivity index (χ0n) is 13.9. The Morgan fingerprint density at radius 3 is 2.65 bits per heavy atom. The number of nitrogens with one attached hydrogen (secondary N) is 1. The van der Waals surface area contributed by atoms with Crippen molar-refractivity contribution in [3.8, 4) is 11.4 Å². The van der Waals surface area contributed by atoms with E-state index >= 15 is 0 Å². The molecule has 5 nitrogen and oxygen atoms in total. The number of hydrogen-bond acceptors (Lipinski definition) is 4. The number of halogens is 2. The maximum absolute atomic E-state index is 12.2. The van der Waals surface area contributed by atoms with E-state index in [9.17, 15) is 4.79 Å². The third-order valence-electron chi connectivity index (χ3n) is 3.63. The minimum absolute atomic E-state index is 0.142. The molecule has 3 aromatic rings. The summed E-state index contributed by atoms with van der Waals surface area (Å²) < 4.78 is 2.95. The Kier molecular flexibility index (Phi) is 6.34. The van der Waals surface area contributed by atoms with Gasteiger partial charge >= 0.3 is 0 Å². The second-order valence-electron chi connectivity index (χ2n) is 5.35. The Balaban J connectivity index is 1.72. The minimum Gasteiger partial charge on any atom is -0.324 e. The highest BCUT2D eigenvalue weighted by molar-refractivity contribution is 9.10. The Morgan fingerprint density at radius 1 is 1.19 bits per heavy atom. The molecule has 1 heterocycles. The van der Waals surface area contributed by atoms with E-state index in [1.165, 1.54) is 11.8 Å². The summed E-state index contributed by atoms with van der Waals surface area (Å²) in [6.45, 7) is 2.73. The van der Waals surface area contributed by atoms with Crippen molar-refractivity contribution in [3.05, 3.63) is 58.0 Å². The molecule has 134 valence electrons. The molecule has 0 aliphatic heterocycles. The van der Waals surface area contributed by atoms with Crippen molar-refractivity contribution in [2.45, 2.75) is 18.6 Å². The summed E-state index contributed by atoms with van der Waals surface area (Å²) in [5.41, 5.74) is 1.57. The minimum atomic E-state index is -0.142. The average molecular weight is 452 g/mol. The maximum atomic E-state index is 12.2. The zero-order chi connectivity index (χ0) is 18.5. The maximum Gasteiger partial charge on any atom is 0.234 e. The molecule has 26 heavy (non-hydrogen) atoms. The molecule has 0 saturated carbocycles. The number of thioether (sulfide) groups is 1. The number of hydrogen-bond donors (Lipinski definition) is 1. The predicted octanol–water partition coefficient (Wildman–Crippen LogP) is 5.11. The third kappa shape index (κ3) is 4.28. The van der Waals surface area contributed by atoms with E-state index in [4.69, 9.17) is 11.6 Å². The summed E-state index contributed by atoms with van der Waals surface area (Å²) >= 11 is 11.0. The highest BCUT2D eigenvalue weighted by Gasteiger charge is 2.16. The normalized spacial score (nSPS) is 10.7. The molecule has 0 bridgehead atoms. The van der Waals surface area contributed by atoms with Crippen LogP contribution in [0.3, 0.4) is 0 Å². The predicted molar refractivity (Wildman–Crippen MR) is 110 cm³/mol. The molecule has 8 heteroatoms. The van der Waals surface area contributed by atoms with Crippen molar-refractivity contribution in [2.75, 3.05) is 11.1 Å². The number of anilines is 1. The summed E-state index contributed by atoms with van der Waals surface area (Å²) in [5.74, 6) is 0.851. The smallest absolute Gasteiger partial charge is 0.234 e. The quantitative estimate of drug-likeness (QED) is 0.529. The van der Waals surface area contributed by atoms with Gasteiger partial charge in [-0.25, -0.2) is 0 Å². The number of para-hydroxylation sites is 1. The molecule has 1 amide bonds. The molecule has 0 unspecified atom stereocenters. The lowest BCUT2D eigenvalue weighted by atomic mass is 10.2. The number of amides is 1. The van der Waals surface area contributed by atoms with Gasteiger partial charge < -0.3 is 9.88 Å². The second kappa shape index (κ2) is 8.70. The van der Waals surface area contributed by atoms with E-state index in [2.05, 4.69) is 31.4 Å². The number of benzene rings is 2. The highest BCUT2D eigenvalue weighted by atomic mass is 79.9. The van der Waals surface area contributed by atoms with Crippen LogP contribution in [0.2, 0.25) is 5.02 Å². The number of aromatic nitrogens is 3. The van der Waals surface area contributed by atoms with Crippen molar-refractivity contribution in [1.82, 2.24) is 14.8 Å². The number of carbonyl (C=O) groups is 1. The fourth-order valence-electron chi connectivity index (χ4n) is 2.40. The molecule has 0 radical (unpaired) electrons. The Bertz CT molecular complexity index is 931. The first-order valence-corrected chi connectivity index (χ1v) is 10.1. The Labute approximate surface area is 169 Å². The van der Waals surface area contributed by atoms with E-state index in [-0.39, 0.29) is 11.7 Å². The van der Waals surface area contributed by atoms with Gasteiger partial charge in [-0.1, -0.05) is 69.6 Å². The van der Waals surface area contributed by atoms with Crippen LogP contribution in [0.25, 0.3) is 11.4 Å². The van der Waals surface area contributed by atoms with Gasteiger partial charge in [0.05, 0.1) is 16.5 Å². The molecule has 0 fully saturated rings. The van der Waals surface area contributed by atoms with Crippen molar-refractivity contribution >= 4 is 50.9 Å². The molecular weight excluding hydrogens is 436 g/mol. The summed E-state index contributed by atoms with van der Waals surface area (Å²) in [4.78, 5) is 12.2. The molecule has 2 aromatic carbocycles. The third-order valence-corrected chi connectivity index (χ3v) is 5.62. The van der Waals surface area contributed by atoms with Gasteiger partial charge in [-0.2, -0.15) is 0 Å². The van der Waals surface area contributed by atoms with Gasteiger partial charge in [0.25, 0.3) is 0 Å². The van der Waals surface area contributed by atoms with Crippen LogP contribution in [0.1, 0.15) is 6.92 Å². The molecule has 1 aromatic heterocycles. The van der Waals surface area contributed by atoms with Crippen LogP contribution in [-0.2, 0) is 11.3 Å². The lowest BCUT2D eigenvalue weighted by Gasteiger charge is -2.09. The molecule has 0 atom stereocenters. The molecular formula is C18H16BrClN4OS. The van der Waals surface area contributed by atoms with Gasteiger partial charge in [-0.15, -0.1) is 10.2 Å². The monoisotopic (exact) mass is 450 g/mol. The summed E-state index contributed by atoms with van der Waals surface area (Å²) in [6.07, 6.45) is 0. The zero-order valence-corrected chi connectivity index (χ0v) is 17.1. The number of rotatable bonds is 6. The fraction of sp³-hybridized carbons (Fsp3) is 0.167. The lowest BCUT2D eigenvalue weighted by Crippen LogP contribution is -2.15. The van der Waals surface area contributed by atoms with Crippen molar-refractivity contribution in [3.63, 3.8) is 0 Å². The first kappa shape index (κ1) is 18.9. The van der Waals surface area contributed by atoms with Gasteiger partial charge in [0.15, 0.2) is 11.0 Å². The van der Waals surface area contributed by atoms with Crippen LogP contribution in [0.15, 0.2) is 58.2 Å². The standard InChI is InChI=1S/C18H16BrClN4OS/c1-2-24-17(12-7-3-4-8-13(12)19)22-23-18(24)26-11-16(25)21-15-10-6-5-9-14(15)20/h3-10H,2,11H2,1H3,(H,21,25). The van der Waals surface area contributed by atoms with Gasteiger partial charge in [-0.05, 0) is 25.1 Å². The van der Waals surface area contributed by atoms with Crippen LogP contribution >= 0.6 is 39.3 Å². The van der Waals surface area contributed by atoms with Crippen molar-refractivity contribution in [1.29, 1.82) is 0 Å². The van der Waals surface area contributed by atoms with Crippen molar-refractivity contribution in [2.24, 2.45) is 0 Å². The Hall–Kier alpha value is -1.83. The first-order chi connectivity index (χ1) is 12.6. The fourth-order valence-corrected chi connectivity index (χ4v) is 3.85. The number of carbonyl (C=O) groups excluding carboxylic acids is 1. The largest absolute Gasteiger partial charge is 0.324 e. The second-order valence-corrected chi connectivity index (χ2v) is 7.55. The molecule has 0 aliphatic carbocycles. The Morgan fingerprint density at radius 2 is 1.92 bits per heavy atom. The number of nitrogens with zero attached hydrogens (tertiary/aromatic N) is 3. The van der Waals surface area contributed by atoms with Gasteiger partial charge in [0.1, 0.15) is 0 Å². The van der Waals surface area contributed by atoms with Crippen LogP contribution in [0.5, 0.6) is 0 Å². The molecule has 0 aliphatic rings. The van der Waals surface area contributed by atoms with E-state index in [1.807, 2.05) is 47.9 Å². The molecule has 1 N–H and O–H groups in total. The SMILES string of the molecule is CCn1c(SCC(=O)Nc2ccccc2Cl)nnc1-c1ccccc1Br. The van der Waals surface area contributed by atoms with Crippen LogP contribution in [0.4, 0.5) is 5.69 Å². The molecule has 0 spiro atoms. The highest BCUT2D eigenvalue weighted by Crippen LogP contribution is 2.29. The summed E-state index contributed by atoms with van der Waals surface area (Å²) in [7, 11) is 0. The lowest BCUT2D eigenvalue weighted by molar-refractivity contribution is -0.113. The van der Waals surface area contributed by atoms with Crippen LogP contribution in [-0.4, -0.2) is 26.4 Å². The first-order valence-electron chi connectivity index (χ1n) is 7.95. The van der Waals surface area contributed by atoms with Gasteiger partial charge in [0, 0.05) is 16.6 Å². The van der Waals surface area contributed by atoms with Crippen molar-refractivity contribution < 1.29 is 4.79 Å². The van der Waals surface area contributed by atoms with Crippen LogP contribution < -0.4 is 5.32 Å². The molecule has 3 rings (SSSR count). The van der Waals surface area contributed by atoms with E-state index in [0.717, 1.165) is 15.9 Å². The van der Waals surface area contributed by atoms with E-state index in [0.29, 0.717) is 22.4 Å². The summed E-state index contributed by atoms with van der Waals surface area (Å²) in [5, 5.41) is 12.6. The summed E-state index contributed by atoms with van der Waals surface area (Å²) in [6, 6.07) is 15.0. The molecule has 0 saturated heterocycles.